The third-order valence-corrected chi connectivity index (χ3v) is 4.96. The molecule has 0 spiro atoms. The molecule has 0 amide bonds. The molecule has 4 rings (SSSR count). The Bertz CT molecular complexity index is 1130. The SMILES string of the molecule is O=C([O-])CCCCOc1nc(-c2ccccc2)c(-c2ccccc2)n1-c1ccccc1.[Na+]. The number of imidazole rings is 1. The molecular formula is C26H23N2NaO3. The number of carboxylic acids is 1. The number of nitrogens with zero attached hydrogens (tertiary/aromatic N) is 2. The molecule has 0 unspecified atom stereocenters. The number of para-hydroxylation sites is 1. The van der Waals surface area contributed by atoms with Crippen LogP contribution < -0.4 is 39.4 Å². The molecule has 1 heterocycles. The van der Waals surface area contributed by atoms with E-state index in [9.17, 15) is 9.90 Å². The number of hydrogen-bond acceptors (Lipinski definition) is 4. The number of hydrogen-bond donors (Lipinski definition) is 0. The van der Waals surface area contributed by atoms with Crippen molar-refractivity contribution in [1.29, 1.82) is 0 Å². The van der Waals surface area contributed by atoms with E-state index in [2.05, 4.69) is 12.1 Å². The fraction of sp³-hybridized carbons (Fsp3) is 0.154. The van der Waals surface area contributed by atoms with Gasteiger partial charge in [-0.05, 0) is 31.4 Å². The molecule has 1 aromatic heterocycles. The van der Waals surface area contributed by atoms with Crippen molar-refractivity contribution in [2.75, 3.05) is 6.61 Å². The summed E-state index contributed by atoms with van der Waals surface area (Å²) in [6.45, 7) is 0.375. The number of rotatable bonds is 9. The van der Waals surface area contributed by atoms with Crippen LogP contribution in [-0.2, 0) is 4.79 Å². The van der Waals surface area contributed by atoms with Gasteiger partial charge in [0.25, 0.3) is 0 Å². The molecular weight excluding hydrogens is 411 g/mol. The summed E-state index contributed by atoms with van der Waals surface area (Å²) in [5.74, 6) is -1.04. The second-order valence-electron chi connectivity index (χ2n) is 7.17. The first-order valence-electron chi connectivity index (χ1n) is 10.4. The molecule has 0 saturated heterocycles. The smallest absolute Gasteiger partial charge is 0.550 e. The number of carbonyl (C=O) groups is 1. The van der Waals surface area contributed by atoms with Crippen molar-refractivity contribution in [3.05, 3.63) is 91.0 Å². The molecule has 156 valence electrons. The summed E-state index contributed by atoms with van der Waals surface area (Å²) in [5.41, 5.74) is 4.76. The maximum atomic E-state index is 10.7. The summed E-state index contributed by atoms with van der Waals surface area (Å²) in [4.78, 5) is 15.5. The van der Waals surface area contributed by atoms with Crippen LogP contribution in [0.1, 0.15) is 19.3 Å². The predicted octanol–water partition coefficient (Wildman–Crippen LogP) is 1.51. The van der Waals surface area contributed by atoms with E-state index in [1.165, 1.54) is 0 Å². The van der Waals surface area contributed by atoms with Gasteiger partial charge in [0.2, 0.25) is 0 Å². The fourth-order valence-electron chi connectivity index (χ4n) is 3.51. The fourth-order valence-corrected chi connectivity index (χ4v) is 3.51. The minimum absolute atomic E-state index is 0. The molecule has 0 aliphatic rings. The summed E-state index contributed by atoms with van der Waals surface area (Å²) < 4.78 is 8.10. The number of aliphatic carboxylic acids is 1. The standard InChI is InChI=1S/C26H24N2O3.Na/c29-23(30)18-10-11-19-31-26-27-24(20-12-4-1-5-13-20)25(21-14-6-2-7-15-21)28(26)22-16-8-3-9-17-22;/h1-9,12-17H,10-11,18-19H2,(H,29,30);/q;+1/p-1. The minimum atomic E-state index is -1.04. The first-order valence-corrected chi connectivity index (χ1v) is 10.4. The minimum Gasteiger partial charge on any atom is -0.550 e. The van der Waals surface area contributed by atoms with Crippen molar-refractivity contribution in [3.8, 4) is 34.2 Å². The Hall–Kier alpha value is -2.86. The molecule has 0 saturated carbocycles. The van der Waals surface area contributed by atoms with E-state index in [-0.39, 0.29) is 36.0 Å². The van der Waals surface area contributed by atoms with Crippen molar-refractivity contribution < 1.29 is 44.2 Å². The summed E-state index contributed by atoms with van der Waals surface area (Å²) in [5, 5.41) is 10.7. The van der Waals surface area contributed by atoms with E-state index in [1.54, 1.807) is 0 Å². The van der Waals surface area contributed by atoms with Crippen molar-refractivity contribution in [2.45, 2.75) is 19.3 Å². The van der Waals surface area contributed by atoms with Gasteiger partial charge in [0.15, 0.2) is 0 Å². The average Bonchev–Trinajstić information content (AvgIpc) is 3.20. The molecule has 3 aromatic carbocycles. The maximum Gasteiger partial charge on any atom is 1.00 e. The van der Waals surface area contributed by atoms with Crippen molar-refractivity contribution in [3.63, 3.8) is 0 Å². The van der Waals surface area contributed by atoms with Crippen molar-refractivity contribution >= 4 is 5.97 Å². The Morgan fingerprint density at radius 1 is 0.812 bits per heavy atom. The van der Waals surface area contributed by atoms with Crippen LogP contribution in [0.15, 0.2) is 91.0 Å². The van der Waals surface area contributed by atoms with Gasteiger partial charge in [-0.3, -0.25) is 4.57 Å². The van der Waals surface area contributed by atoms with Gasteiger partial charge in [-0.2, -0.15) is 4.98 Å². The Morgan fingerprint density at radius 3 is 1.97 bits per heavy atom. The molecule has 0 fully saturated rings. The van der Waals surface area contributed by atoms with Crippen LogP contribution in [0.4, 0.5) is 0 Å². The number of carboxylic acid groups (broad SMARTS) is 1. The second-order valence-corrected chi connectivity index (χ2v) is 7.17. The quantitative estimate of drug-likeness (QED) is 0.296. The van der Waals surface area contributed by atoms with E-state index in [0.29, 0.717) is 25.5 Å². The first-order chi connectivity index (χ1) is 15.2. The molecule has 32 heavy (non-hydrogen) atoms. The maximum absolute atomic E-state index is 10.7. The van der Waals surface area contributed by atoms with E-state index in [0.717, 1.165) is 28.2 Å². The molecule has 0 aliphatic carbocycles. The molecule has 0 radical (unpaired) electrons. The molecule has 6 heteroatoms. The first kappa shape index (κ1) is 23.8. The average molecular weight is 434 g/mol. The van der Waals surface area contributed by atoms with Crippen LogP contribution in [0, 0.1) is 0 Å². The second kappa shape index (κ2) is 11.7. The molecule has 4 aromatic rings. The van der Waals surface area contributed by atoms with Gasteiger partial charge in [-0.25, -0.2) is 0 Å². The number of unbranched alkanes of at least 4 members (excludes halogenated alkanes) is 1. The molecule has 0 N–H and O–H groups in total. The van der Waals surface area contributed by atoms with Crippen LogP contribution in [0.3, 0.4) is 0 Å². The van der Waals surface area contributed by atoms with Crippen LogP contribution in [-0.4, -0.2) is 22.1 Å². The zero-order valence-electron chi connectivity index (χ0n) is 18.1. The zero-order chi connectivity index (χ0) is 21.5. The van der Waals surface area contributed by atoms with Crippen molar-refractivity contribution in [2.24, 2.45) is 0 Å². The summed E-state index contributed by atoms with van der Waals surface area (Å²) in [6.07, 6.45) is 1.14. The van der Waals surface area contributed by atoms with Gasteiger partial charge >= 0.3 is 35.6 Å². The molecule has 0 aliphatic heterocycles. The summed E-state index contributed by atoms with van der Waals surface area (Å²) in [6, 6.07) is 30.6. The molecule has 0 atom stereocenters. The van der Waals surface area contributed by atoms with E-state index >= 15 is 0 Å². The molecule has 0 bridgehead atoms. The number of benzene rings is 3. The monoisotopic (exact) mass is 434 g/mol. The van der Waals surface area contributed by atoms with Crippen LogP contribution in [0.2, 0.25) is 0 Å². The summed E-state index contributed by atoms with van der Waals surface area (Å²) in [7, 11) is 0. The zero-order valence-corrected chi connectivity index (χ0v) is 20.1. The van der Waals surface area contributed by atoms with E-state index in [4.69, 9.17) is 9.72 Å². The van der Waals surface area contributed by atoms with Crippen LogP contribution >= 0.6 is 0 Å². The normalized spacial score (nSPS) is 10.4. The predicted molar refractivity (Wildman–Crippen MR) is 119 cm³/mol. The van der Waals surface area contributed by atoms with E-state index in [1.807, 2.05) is 83.4 Å². The molecule has 5 nitrogen and oxygen atoms in total. The van der Waals surface area contributed by atoms with Gasteiger partial charge in [-0.15, -0.1) is 0 Å². The van der Waals surface area contributed by atoms with Gasteiger partial charge in [0, 0.05) is 17.1 Å². The number of aromatic nitrogens is 2. The largest absolute Gasteiger partial charge is 1.00 e. The number of ether oxygens (including phenoxy) is 1. The van der Waals surface area contributed by atoms with Gasteiger partial charge < -0.3 is 14.6 Å². The van der Waals surface area contributed by atoms with Crippen LogP contribution in [0.5, 0.6) is 6.01 Å². The van der Waals surface area contributed by atoms with E-state index < -0.39 is 5.97 Å². The Labute approximate surface area is 210 Å². The summed E-state index contributed by atoms with van der Waals surface area (Å²) >= 11 is 0. The topological polar surface area (TPSA) is 67.2 Å². The van der Waals surface area contributed by atoms with Gasteiger partial charge in [0.05, 0.1) is 18.0 Å². The van der Waals surface area contributed by atoms with Gasteiger partial charge in [0.1, 0.15) is 5.69 Å². The van der Waals surface area contributed by atoms with Crippen molar-refractivity contribution in [1.82, 2.24) is 9.55 Å². The van der Waals surface area contributed by atoms with Gasteiger partial charge in [-0.1, -0.05) is 78.9 Å². The Morgan fingerprint density at radius 2 is 1.38 bits per heavy atom. The third-order valence-electron chi connectivity index (χ3n) is 4.96. The number of carbonyl (C=O) groups excluding carboxylic acids is 1. The van der Waals surface area contributed by atoms with Crippen LogP contribution in [0.25, 0.3) is 28.2 Å². The third kappa shape index (κ3) is 5.68. The Balaban J connectivity index is 0.00000289. The Kier molecular flexibility index (Phi) is 8.68.